The molecule has 1 amide bonds. The van der Waals surface area contributed by atoms with Gasteiger partial charge in [-0.2, -0.15) is 0 Å². The van der Waals surface area contributed by atoms with Crippen LogP contribution < -0.4 is 14.2 Å². The highest BCUT2D eigenvalue weighted by Crippen LogP contribution is 2.31. The predicted octanol–water partition coefficient (Wildman–Crippen LogP) is 3.74. The number of hydrogen-bond donors (Lipinski definition) is 0. The van der Waals surface area contributed by atoms with E-state index in [1.165, 1.54) is 0 Å². The summed E-state index contributed by atoms with van der Waals surface area (Å²) in [7, 11) is 3.26. The van der Waals surface area contributed by atoms with Gasteiger partial charge in [0, 0.05) is 42.6 Å². The number of ether oxygens (including phenoxy) is 3. The second-order valence-corrected chi connectivity index (χ2v) is 6.92. The fraction of sp³-hybridized carbons (Fsp3) is 0.333. The van der Waals surface area contributed by atoms with E-state index in [0.29, 0.717) is 47.6 Å². The molecule has 148 valence electrons. The van der Waals surface area contributed by atoms with Crippen molar-refractivity contribution in [1.82, 2.24) is 4.90 Å². The molecule has 0 saturated heterocycles. The summed E-state index contributed by atoms with van der Waals surface area (Å²) in [5.74, 6) is 1.62. The van der Waals surface area contributed by atoms with Gasteiger partial charge >= 0.3 is 0 Å². The van der Waals surface area contributed by atoms with Crippen molar-refractivity contribution in [3.63, 3.8) is 0 Å². The van der Waals surface area contributed by atoms with Gasteiger partial charge in [-0.3, -0.25) is 9.59 Å². The average Bonchev–Trinajstić information content (AvgIpc) is 2.71. The monoisotopic (exact) mass is 403 g/mol. The third-order valence-corrected chi connectivity index (χ3v) is 4.74. The molecule has 1 heterocycles. The molecule has 0 saturated carbocycles. The van der Waals surface area contributed by atoms with Crippen molar-refractivity contribution < 1.29 is 23.8 Å². The Balaban J connectivity index is 1.57. The molecule has 3 rings (SSSR count). The lowest BCUT2D eigenvalue weighted by Crippen LogP contribution is -2.26. The second kappa shape index (κ2) is 8.97. The fourth-order valence-electron chi connectivity index (χ4n) is 2.99. The zero-order valence-corrected chi connectivity index (χ0v) is 16.6. The molecular formula is C21H22ClNO5. The summed E-state index contributed by atoms with van der Waals surface area (Å²) in [4.78, 5) is 26.5. The molecule has 0 bridgehead atoms. The van der Waals surface area contributed by atoms with Crippen LogP contribution in [0, 0.1) is 0 Å². The van der Waals surface area contributed by atoms with Crippen LogP contribution in [0.25, 0.3) is 0 Å². The van der Waals surface area contributed by atoms with Crippen LogP contribution in [0.15, 0.2) is 36.4 Å². The third-order valence-electron chi connectivity index (χ3n) is 4.51. The molecule has 6 nitrogen and oxygen atoms in total. The number of fused-ring (bicyclic) bond motifs is 1. The zero-order chi connectivity index (χ0) is 20.1. The highest BCUT2D eigenvalue weighted by molar-refractivity contribution is 6.30. The smallest absolute Gasteiger partial charge is 0.223 e. The first-order valence-corrected chi connectivity index (χ1v) is 9.35. The summed E-state index contributed by atoms with van der Waals surface area (Å²) in [6, 6.07) is 10.4. The minimum atomic E-state index is -0.132. The Morgan fingerprint density at radius 2 is 1.82 bits per heavy atom. The molecule has 0 N–H and O–H groups in total. The highest BCUT2D eigenvalue weighted by Gasteiger charge is 2.18. The van der Waals surface area contributed by atoms with Crippen LogP contribution in [0.3, 0.4) is 0 Å². The lowest BCUT2D eigenvalue weighted by atomic mass is 10.1. The lowest BCUT2D eigenvalue weighted by molar-refractivity contribution is -0.130. The van der Waals surface area contributed by atoms with Gasteiger partial charge in [-0.05, 0) is 36.4 Å². The van der Waals surface area contributed by atoms with Crippen molar-refractivity contribution in [2.45, 2.75) is 19.4 Å². The number of Topliss-reactive ketones (excluding diaryl/α,β-unsaturated/α-hetero) is 1. The van der Waals surface area contributed by atoms with E-state index in [9.17, 15) is 9.59 Å². The van der Waals surface area contributed by atoms with E-state index in [1.807, 2.05) is 0 Å². The molecule has 7 heteroatoms. The van der Waals surface area contributed by atoms with Gasteiger partial charge in [0.25, 0.3) is 0 Å². The van der Waals surface area contributed by atoms with Gasteiger partial charge in [0.1, 0.15) is 19.0 Å². The van der Waals surface area contributed by atoms with Crippen LogP contribution in [-0.4, -0.2) is 44.0 Å². The van der Waals surface area contributed by atoms with Crippen molar-refractivity contribution in [3.8, 4) is 17.2 Å². The molecule has 0 unspecified atom stereocenters. The van der Waals surface area contributed by atoms with Crippen LogP contribution >= 0.6 is 11.6 Å². The fourth-order valence-corrected chi connectivity index (χ4v) is 3.18. The highest BCUT2D eigenvalue weighted by atomic mass is 35.5. The number of rotatable bonds is 7. The number of amides is 1. The minimum absolute atomic E-state index is 0.112. The molecule has 2 aromatic rings. The summed E-state index contributed by atoms with van der Waals surface area (Å²) in [6.45, 7) is 1.31. The molecular weight excluding hydrogens is 382 g/mol. The number of ketones is 1. The zero-order valence-electron chi connectivity index (χ0n) is 15.9. The quantitative estimate of drug-likeness (QED) is 0.659. The van der Waals surface area contributed by atoms with Crippen LogP contribution in [-0.2, 0) is 11.3 Å². The molecule has 1 aliphatic rings. The van der Waals surface area contributed by atoms with Crippen molar-refractivity contribution in [2.75, 3.05) is 27.4 Å². The van der Waals surface area contributed by atoms with Crippen molar-refractivity contribution >= 4 is 23.3 Å². The standard InChI is InChI=1S/C21H22ClNO5/c1-23(13-15-11-16(22)4-7-18(15)26-2)21(25)8-5-17(24)14-3-6-19-20(12-14)28-10-9-27-19/h3-4,6-7,11-12H,5,8-10,13H2,1-2H3. The Morgan fingerprint density at radius 1 is 1.07 bits per heavy atom. The van der Waals surface area contributed by atoms with E-state index in [1.54, 1.807) is 55.5 Å². The maximum absolute atomic E-state index is 12.5. The van der Waals surface area contributed by atoms with Crippen molar-refractivity contribution in [1.29, 1.82) is 0 Å². The van der Waals surface area contributed by atoms with Gasteiger partial charge in [-0.25, -0.2) is 0 Å². The maximum atomic E-state index is 12.5. The Labute approximate surface area is 168 Å². The summed E-state index contributed by atoms with van der Waals surface area (Å²) in [6.07, 6.45) is 0.238. The number of carbonyl (C=O) groups is 2. The normalized spacial score (nSPS) is 12.4. The Kier molecular flexibility index (Phi) is 6.41. The van der Waals surface area contributed by atoms with Gasteiger partial charge in [-0.15, -0.1) is 0 Å². The molecule has 1 aliphatic heterocycles. The lowest BCUT2D eigenvalue weighted by Gasteiger charge is -2.19. The van der Waals surface area contributed by atoms with Crippen LogP contribution in [0.1, 0.15) is 28.8 Å². The summed E-state index contributed by atoms with van der Waals surface area (Å²) in [5.41, 5.74) is 1.32. The number of hydrogen-bond acceptors (Lipinski definition) is 5. The summed E-state index contributed by atoms with van der Waals surface area (Å²) < 4.78 is 16.3. The largest absolute Gasteiger partial charge is 0.496 e. The first kappa shape index (κ1) is 20.0. The Bertz CT molecular complexity index is 883. The van der Waals surface area contributed by atoms with E-state index in [-0.39, 0.29) is 24.5 Å². The third kappa shape index (κ3) is 4.75. The van der Waals surface area contributed by atoms with Gasteiger partial charge in [-0.1, -0.05) is 11.6 Å². The number of methoxy groups -OCH3 is 1. The van der Waals surface area contributed by atoms with Gasteiger partial charge in [0.15, 0.2) is 17.3 Å². The summed E-state index contributed by atoms with van der Waals surface area (Å²) >= 11 is 6.04. The Hall–Kier alpha value is -2.73. The second-order valence-electron chi connectivity index (χ2n) is 6.49. The van der Waals surface area contributed by atoms with Crippen molar-refractivity contribution in [2.24, 2.45) is 0 Å². The van der Waals surface area contributed by atoms with Crippen LogP contribution in [0.2, 0.25) is 5.02 Å². The molecule has 0 fully saturated rings. The molecule has 0 aromatic heterocycles. The maximum Gasteiger partial charge on any atom is 0.223 e. The number of benzene rings is 2. The molecule has 2 aromatic carbocycles. The molecule has 28 heavy (non-hydrogen) atoms. The van der Waals surface area contributed by atoms with E-state index in [0.717, 1.165) is 5.56 Å². The molecule has 0 atom stereocenters. The topological polar surface area (TPSA) is 65.1 Å². The molecule has 0 radical (unpaired) electrons. The summed E-state index contributed by atoms with van der Waals surface area (Å²) in [5, 5.41) is 0.574. The SMILES string of the molecule is COc1ccc(Cl)cc1CN(C)C(=O)CCC(=O)c1ccc2c(c1)OCCO2. The van der Waals surface area contributed by atoms with Crippen LogP contribution in [0.4, 0.5) is 0 Å². The van der Waals surface area contributed by atoms with Gasteiger partial charge in [0.05, 0.1) is 7.11 Å². The van der Waals surface area contributed by atoms with E-state index in [4.69, 9.17) is 25.8 Å². The van der Waals surface area contributed by atoms with Gasteiger partial charge < -0.3 is 19.1 Å². The number of nitrogens with zero attached hydrogens (tertiary/aromatic N) is 1. The van der Waals surface area contributed by atoms with E-state index >= 15 is 0 Å². The molecule has 0 aliphatic carbocycles. The van der Waals surface area contributed by atoms with Crippen LogP contribution in [0.5, 0.6) is 17.2 Å². The van der Waals surface area contributed by atoms with E-state index < -0.39 is 0 Å². The first-order valence-electron chi connectivity index (χ1n) is 8.97. The van der Waals surface area contributed by atoms with Crippen molar-refractivity contribution in [3.05, 3.63) is 52.5 Å². The molecule has 0 spiro atoms. The predicted molar refractivity (Wildman–Crippen MR) is 105 cm³/mol. The van der Waals surface area contributed by atoms with E-state index in [2.05, 4.69) is 0 Å². The average molecular weight is 404 g/mol. The minimum Gasteiger partial charge on any atom is -0.496 e. The number of carbonyl (C=O) groups excluding carboxylic acids is 2. The van der Waals surface area contributed by atoms with Gasteiger partial charge in [0.2, 0.25) is 5.91 Å². The Morgan fingerprint density at radius 3 is 2.57 bits per heavy atom. The first-order chi connectivity index (χ1) is 13.5. The number of halogens is 1.